The van der Waals surface area contributed by atoms with Crippen LogP contribution in [0.15, 0.2) is 16.9 Å². The van der Waals surface area contributed by atoms with Gasteiger partial charge in [0.2, 0.25) is 5.91 Å². The van der Waals surface area contributed by atoms with Gasteiger partial charge in [-0.2, -0.15) is 0 Å². The van der Waals surface area contributed by atoms with Crippen LogP contribution in [0.1, 0.15) is 53.9 Å². The van der Waals surface area contributed by atoms with Crippen LogP contribution in [0.3, 0.4) is 0 Å². The molecule has 0 radical (unpaired) electrons. The van der Waals surface area contributed by atoms with E-state index in [4.69, 9.17) is 15.3 Å². The van der Waals surface area contributed by atoms with Crippen LogP contribution in [0, 0.1) is 0 Å². The van der Waals surface area contributed by atoms with Crippen molar-refractivity contribution in [3.63, 3.8) is 0 Å². The number of imide groups is 1. The summed E-state index contributed by atoms with van der Waals surface area (Å²) in [7, 11) is -1.14. The van der Waals surface area contributed by atoms with E-state index in [1.807, 2.05) is 19.9 Å². The van der Waals surface area contributed by atoms with E-state index in [-0.39, 0.29) is 18.4 Å². The number of amides is 2. The largest absolute Gasteiger partial charge is 0.443 e. The maximum absolute atomic E-state index is 12.6. The molecule has 1 aliphatic heterocycles. The van der Waals surface area contributed by atoms with Crippen molar-refractivity contribution in [1.29, 1.82) is 0 Å². The van der Waals surface area contributed by atoms with Crippen LogP contribution in [0.25, 0.3) is 0 Å². The van der Waals surface area contributed by atoms with Crippen LogP contribution in [0.4, 0.5) is 4.79 Å². The number of hydrogen-bond donors (Lipinski definition) is 2. The van der Waals surface area contributed by atoms with Crippen molar-refractivity contribution in [3.05, 3.63) is 11.9 Å². The molecule has 1 fully saturated rings. The topological polar surface area (TPSA) is 113 Å². The van der Waals surface area contributed by atoms with Gasteiger partial charge in [0.05, 0.1) is 0 Å². The smallest absolute Gasteiger partial charge is 0.417 e. The Labute approximate surface area is 212 Å². The molecular weight excluding hydrogens is 464 g/mol. The molecule has 0 aromatic heterocycles. The SMILES string of the molecule is CC=N/C(=C/CCNN(CC)C1CCN(C(=O)OC(C)(C)C)C(=O)C1)N(N)COCC[Si](C)(C)C. The maximum Gasteiger partial charge on any atom is 0.417 e. The molecule has 1 atom stereocenters. The Balaban J connectivity index is 2.53. The number of carbonyl (C=O) groups excluding carboxylic acids is 2. The van der Waals surface area contributed by atoms with Crippen molar-refractivity contribution in [2.45, 2.75) is 91.2 Å². The second kappa shape index (κ2) is 14.7. The minimum absolute atomic E-state index is 0.0223. The fraction of sp³-hybridized carbons (Fsp3) is 0.792. The summed E-state index contributed by atoms with van der Waals surface area (Å²) in [4.78, 5) is 30.5. The van der Waals surface area contributed by atoms with E-state index in [1.165, 1.54) is 9.91 Å². The molecule has 0 aromatic carbocycles. The second-order valence-corrected chi connectivity index (χ2v) is 16.5. The van der Waals surface area contributed by atoms with Crippen molar-refractivity contribution < 1.29 is 19.1 Å². The molecule has 1 rings (SSSR count). The Hall–Kier alpha value is -1.79. The highest BCUT2D eigenvalue weighted by Crippen LogP contribution is 2.19. The van der Waals surface area contributed by atoms with Crippen LogP contribution in [0.2, 0.25) is 25.7 Å². The lowest BCUT2D eigenvalue weighted by molar-refractivity contribution is -0.135. The van der Waals surface area contributed by atoms with Gasteiger partial charge < -0.3 is 9.47 Å². The lowest BCUT2D eigenvalue weighted by Crippen LogP contribution is -2.54. The molecule has 0 bridgehead atoms. The highest BCUT2D eigenvalue weighted by molar-refractivity contribution is 6.76. The highest BCUT2D eigenvalue weighted by Gasteiger charge is 2.34. The quantitative estimate of drug-likeness (QED) is 0.0962. The molecule has 10 nitrogen and oxygen atoms in total. The lowest BCUT2D eigenvalue weighted by Gasteiger charge is -2.37. The normalized spacial score (nSPS) is 18.0. The number of nitrogens with two attached hydrogens (primary N) is 1. The van der Waals surface area contributed by atoms with Gasteiger partial charge in [0.25, 0.3) is 0 Å². The van der Waals surface area contributed by atoms with Crippen LogP contribution >= 0.6 is 0 Å². The number of nitrogens with zero attached hydrogens (tertiary/aromatic N) is 4. The van der Waals surface area contributed by atoms with E-state index in [1.54, 1.807) is 27.0 Å². The molecule has 11 heteroatoms. The average molecular weight is 513 g/mol. The van der Waals surface area contributed by atoms with E-state index in [2.05, 4.69) is 35.1 Å². The van der Waals surface area contributed by atoms with E-state index < -0.39 is 19.8 Å². The molecule has 1 saturated heterocycles. The fourth-order valence-electron chi connectivity index (χ4n) is 3.49. The van der Waals surface area contributed by atoms with E-state index in [0.717, 1.165) is 12.6 Å². The molecule has 3 N–H and O–H groups in total. The van der Waals surface area contributed by atoms with Gasteiger partial charge in [-0.25, -0.2) is 25.5 Å². The first kappa shape index (κ1) is 31.2. The number of ether oxygens (including phenoxy) is 2. The third-order valence-electron chi connectivity index (χ3n) is 5.36. The third-order valence-corrected chi connectivity index (χ3v) is 7.07. The number of nitrogens with one attached hydrogen (secondary N) is 1. The minimum atomic E-state index is -1.14. The zero-order chi connectivity index (χ0) is 26.6. The van der Waals surface area contributed by atoms with Crippen molar-refractivity contribution in [1.82, 2.24) is 20.3 Å². The summed E-state index contributed by atoms with van der Waals surface area (Å²) < 4.78 is 11.1. The lowest BCUT2D eigenvalue weighted by atomic mass is 10.0. The standard InChI is InChI=1S/C24H48N6O4Si/c1-9-26-21(29(25)19-33-16-17-35(6,7)8)12-11-14-27-30(10-2)20-13-15-28(22(31)18-20)23(32)34-24(3,4)5/h9,12,20,27H,10-11,13-19,25H2,1-8H3/b21-12-,26-9?. The predicted molar refractivity (Wildman–Crippen MR) is 143 cm³/mol. The molecule has 202 valence electrons. The first-order valence-electron chi connectivity index (χ1n) is 12.6. The van der Waals surface area contributed by atoms with Gasteiger partial charge in [-0.1, -0.05) is 26.6 Å². The zero-order valence-electron chi connectivity index (χ0n) is 23.1. The third kappa shape index (κ3) is 12.6. The first-order valence-corrected chi connectivity index (χ1v) is 16.3. The summed E-state index contributed by atoms with van der Waals surface area (Å²) in [5.41, 5.74) is 2.78. The average Bonchev–Trinajstić information content (AvgIpc) is 2.73. The number of hydrazine groups is 2. The summed E-state index contributed by atoms with van der Waals surface area (Å²) in [6.45, 7) is 19.0. The van der Waals surface area contributed by atoms with Crippen molar-refractivity contribution in [3.8, 4) is 0 Å². The Bertz CT molecular complexity index is 733. The van der Waals surface area contributed by atoms with Crippen LogP contribution in [-0.4, -0.2) is 85.8 Å². The van der Waals surface area contributed by atoms with E-state index in [9.17, 15) is 9.59 Å². The molecular formula is C24H48N6O4Si. The number of rotatable bonds is 13. The van der Waals surface area contributed by atoms with E-state index >= 15 is 0 Å². The molecule has 1 aliphatic rings. The molecule has 0 aromatic rings. The zero-order valence-corrected chi connectivity index (χ0v) is 24.1. The number of likely N-dealkylation sites (tertiary alicyclic amines) is 1. The van der Waals surface area contributed by atoms with Crippen LogP contribution in [0.5, 0.6) is 0 Å². The van der Waals surface area contributed by atoms with Crippen LogP contribution < -0.4 is 11.3 Å². The van der Waals surface area contributed by atoms with Gasteiger partial charge in [-0.3, -0.25) is 15.2 Å². The summed E-state index contributed by atoms with van der Waals surface area (Å²) >= 11 is 0. The minimum Gasteiger partial charge on any atom is -0.443 e. The van der Waals surface area contributed by atoms with Crippen molar-refractivity contribution in [2.75, 3.05) is 33.0 Å². The fourth-order valence-corrected chi connectivity index (χ4v) is 4.24. The Morgan fingerprint density at radius 3 is 2.57 bits per heavy atom. The van der Waals surface area contributed by atoms with Crippen molar-refractivity contribution >= 4 is 26.3 Å². The Kier molecular flexibility index (Phi) is 13.1. The number of aliphatic imine (C=N–C) groups is 1. The molecule has 35 heavy (non-hydrogen) atoms. The maximum atomic E-state index is 12.6. The van der Waals surface area contributed by atoms with Gasteiger partial charge in [-0.05, 0) is 52.7 Å². The monoisotopic (exact) mass is 512 g/mol. The predicted octanol–water partition coefficient (Wildman–Crippen LogP) is 3.55. The van der Waals surface area contributed by atoms with Gasteiger partial charge in [-0.15, -0.1) is 0 Å². The highest BCUT2D eigenvalue weighted by atomic mass is 28.3. The molecule has 2 amide bonds. The molecule has 1 unspecified atom stereocenters. The van der Waals surface area contributed by atoms with Crippen molar-refractivity contribution in [2.24, 2.45) is 10.8 Å². The Morgan fingerprint density at radius 1 is 1.34 bits per heavy atom. The first-order chi connectivity index (χ1) is 16.3. The van der Waals surface area contributed by atoms with E-state index in [0.29, 0.717) is 45.1 Å². The van der Waals surface area contributed by atoms with Gasteiger partial charge in [0.1, 0.15) is 18.2 Å². The second-order valence-electron chi connectivity index (χ2n) is 10.9. The van der Waals surface area contributed by atoms with Gasteiger partial charge >= 0.3 is 6.09 Å². The summed E-state index contributed by atoms with van der Waals surface area (Å²) in [6.07, 6.45) is 4.78. The number of hydrogen-bond acceptors (Lipinski definition) is 9. The summed E-state index contributed by atoms with van der Waals surface area (Å²) in [5.74, 6) is 6.61. The molecule has 0 saturated carbocycles. The molecule has 1 heterocycles. The number of carbonyl (C=O) groups is 2. The van der Waals surface area contributed by atoms with Gasteiger partial charge in [0.15, 0.2) is 0 Å². The summed E-state index contributed by atoms with van der Waals surface area (Å²) in [6, 6.07) is 1.11. The van der Waals surface area contributed by atoms with Gasteiger partial charge in [0, 0.05) is 53.0 Å². The number of piperidine rings is 1. The van der Waals surface area contributed by atoms with Crippen LogP contribution in [-0.2, 0) is 14.3 Å². The molecule has 0 aliphatic carbocycles. The summed E-state index contributed by atoms with van der Waals surface area (Å²) in [5, 5.41) is 3.59. The Morgan fingerprint density at radius 2 is 2.03 bits per heavy atom. The molecule has 0 spiro atoms.